The van der Waals surface area contributed by atoms with Crippen molar-refractivity contribution < 1.29 is 14.6 Å². The second-order valence-electron chi connectivity index (χ2n) is 7.05. The molecule has 0 spiro atoms. The van der Waals surface area contributed by atoms with Crippen molar-refractivity contribution in [3.05, 3.63) is 95.7 Å². The van der Waals surface area contributed by atoms with Crippen molar-refractivity contribution in [3.8, 4) is 11.5 Å². The first-order valence-corrected chi connectivity index (χ1v) is 9.69. The molecule has 0 aliphatic heterocycles. The summed E-state index contributed by atoms with van der Waals surface area (Å²) in [4.78, 5) is 12.5. The van der Waals surface area contributed by atoms with E-state index in [2.05, 4.69) is 17.2 Å². The number of hydrogen-bond donors (Lipinski definition) is 1. The summed E-state index contributed by atoms with van der Waals surface area (Å²) >= 11 is 0. The molecule has 0 bridgehead atoms. The van der Waals surface area contributed by atoms with Crippen LogP contribution in [0.5, 0.6) is 11.5 Å². The molecule has 0 saturated carbocycles. The highest BCUT2D eigenvalue weighted by Gasteiger charge is 2.10. The fraction of sp³-hybridized carbons (Fsp3) is 0.120. The number of halogens is 1. The molecule has 5 nitrogen and oxygen atoms in total. The monoisotopic (exact) mass is 434 g/mol. The summed E-state index contributed by atoms with van der Waals surface area (Å²) in [5.74, 6) is 0.425. The van der Waals surface area contributed by atoms with Gasteiger partial charge in [-0.3, -0.25) is 9.48 Å². The van der Waals surface area contributed by atoms with Gasteiger partial charge in [0.2, 0.25) is 0 Å². The Bertz CT molecular complexity index is 1220. The van der Waals surface area contributed by atoms with Crippen molar-refractivity contribution in [1.82, 2.24) is 9.78 Å². The average molecular weight is 435 g/mol. The maximum absolute atomic E-state index is 12.5. The second-order valence-corrected chi connectivity index (χ2v) is 7.05. The predicted octanol–water partition coefficient (Wildman–Crippen LogP) is 5.05. The van der Waals surface area contributed by atoms with E-state index in [-0.39, 0.29) is 30.4 Å². The number of methoxy groups -OCH3 is 1. The Morgan fingerprint density at radius 1 is 1.10 bits per heavy atom. The summed E-state index contributed by atoms with van der Waals surface area (Å²) in [6.45, 7) is 0.683. The third-order valence-electron chi connectivity index (χ3n) is 4.98. The van der Waals surface area contributed by atoms with E-state index in [0.29, 0.717) is 12.3 Å². The molecule has 3 aromatic carbocycles. The second kappa shape index (κ2) is 9.96. The van der Waals surface area contributed by atoms with Gasteiger partial charge in [0.1, 0.15) is 0 Å². The van der Waals surface area contributed by atoms with Gasteiger partial charge in [-0.05, 0) is 41.0 Å². The molecule has 0 unspecified atom stereocenters. The van der Waals surface area contributed by atoms with Gasteiger partial charge in [0, 0.05) is 11.8 Å². The van der Waals surface area contributed by atoms with Gasteiger partial charge < -0.3 is 9.84 Å². The molecule has 1 aromatic heterocycles. The highest BCUT2D eigenvalue weighted by molar-refractivity contribution is 5.97. The minimum Gasteiger partial charge on any atom is -0.504 e. The van der Waals surface area contributed by atoms with Crippen molar-refractivity contribution in [1.29, 1.82) is 0 Å². The number of aromatic nitrogens is 2. The molecule has 4 rings (SSSR count). The standard InChI is InChI=1S/C25H22N2O3.ClH/c1-30-25-13-11-18(14-24(25)29)10-12-21(28)15-20-8-5-9-23-22(20)16-26-27(23)17-19-6-3-2-4-7-19;/h2-14,16,29H,15,17H2,1H3;1H/b12-10+;. The van der Waals surface area contributed by atoms with Crippen molar-refractivity contribution in [2.75, 3.05) is 7.11 Å². The Balaban J connectivity index is 0.00000272. The number of phenolic OH excluding ortho intramolecular Hbond substituents is 1. The van der Waals surface area contributed by atoms with Crippen molar-refractivity contribution in [2.45, 2.75) is 13.0 Å². The van der Waals surface area contributed by atoms with Gasteiger partial charge in [-0.25, -0.2) is 0 Å². The Morgan fingerprint density at radius 2 is 1.90 bits per heavy atom. The number of benzene rings is 3. The first-order chi connectivity index (χ1) is 14.6. The SMILES string of the molecule is COc1ccc(/C=C/C(=O)Cc2cccc3c2cnn3Cc2ccccc2)cc1O.Cl. The molecule has 1 heterocycles. The summed E-state index contributed by atoms with van der Waals surface area (Å²) in [5.41, 5.74) is 3.86. The topological polar surface area (TPSA) is 64.3 Å². The normalized spacial score (nSPS) is 10.9. The lowest BCUT2D eigenvalue weighted by atomic mass is 10.0. The quantitative estimate of drug-likeness (QED) is 0.413. The molecule has 6 heteroatoms. The van der Waals surface area contributed by atoms with Gasteiger partial charge in [0.05, 0.1) is 25.4 Å². The van der Waals surface area contributed by atoms with Crippen LogP contribution in [-0.4, -0.2) is 27.8 Å². The number of fused-ring (bicyclic) bond motifs is 1. The van der Waals surface area contributed by atoms with Gasteiger partial charge in [-0.2, -0.15) is 5.10 Å². The fourth-order valence-electron chi connectivity index (χ4n) is 3.45. The van der Waals surface area contributed by atoms with Gasteiger partial charge >= 0.3 is 0 Å². The third kappa shape index (κ3) is 5.13. The van der Waals surface area contributed by atoms with E-state index in [1.807, 2.05) is 47.3 Å². The first-order valence-electron chi connectivity index (χ1n) is 9.69. The summed E-state index contributed by atoms with van der Waals surface area (Å²) in [5, 5.41) is 15.4. The van der Waals surface area contributed by atoms with E-state index in [1.165, 1.54) is 18.7 Å². The zero-order valence-electron chi connectivity index (χ0n) is 17.1. The number of nitrogens with zero attached hydrogens (tertiary/aromatic N) is 2. The number of ether oxygens (including phenoxy) is 1. The number of carbonyl (C=O) groups is 1. The number of allylic oxidation sites excluding steroid dienone is 1. The number of phenols is 1. The van der Waals surface area contributed by atoms with Gasteiger partial charge in [0.15, 0.2) is 17.3 Å². The van der Waals surface area contributed by atoms with Crippen LogP contribution in [0.3, 0.4) is 0 Å². The largest absolute Gasteiger partial charge is 0.504 e. The lowest BCUT2D eigenvalue weighted by Gasteiger charge is -2.05. The van der Waals surface area contributed by atoms with Crippen LogP contribution in [0.1, 0.15) is 16.7 Å². The summed E-state index contributed by atoms with van der Waals surface area (Å²) in [7, 11) is 1.50. The van der Waals surface area contributed by atoms with Crippen LogP contribution in [-0.2, 0) is 17.8 Å². The molecular formula is C25H23ClN2O3. The van der Waals surface area contributed by atoms with Gasteiger partial charge in [-0.15, -0.1) is 12.4 Å². The third-order valence-corrected chi connectivity index (χ3v) is 4.98. The maximum Gasteiger partial charge on any atom is 0.160 e. The van der Waals surface area contributed by atoms with Crippen LogP contribution in [0.15, 0.2) is 79.0 Å². The van der Waals surface area contributed by atoms with E-state index in [0.717, 1.165) is 22.0 Å². The van der Waals surface area contributed by atoms with Crippen LogP contribution >= 0.6 is 12.4 Å². The molecule has 4 aromatic rings. The lowest BCUT2D eigenvalue weighted by molar-refractivity contribution is -0.113. The molecule has 0 amide bonds. The highest BCUT2D eigenvalue weighted by atomic mass is 35.5. The number of hydrogen-bond acceptors (Lipinski definition) is 4. The smallest absolute Gasteiger partial charge is 0.160 e. The van der Waals surface area contributed by atoms with Crippen molar-refractivity contribution in [3.63, 3.8) is 0 Å². The molecule has 0 saturated heterocycles. The lowest BCUT2D eigenvalue weighted by Crippen LogP contribution is -2.02. The van der Waals surface area contributed by atoms with Crippen LogP contribution in [0.4, 0.5) is 0 Å². The van der Waals surface area contributed by atoms with Gasteiger partial charge in [0.25, 0.3) is 0 Å². The highest BCUT2D eigenvalue weighted by Crippen LogP contribution is 2.27. The van der Waals surface area contributed by atoms with Crippen LogP contribution < -0.4 is 4.74 Å². The predicted molar refractivity (Wildman–Crippen MR) is 125 cm³/mol. The molecular weight excluding hydrogens is 412 g/mol. The van der Waals surface area contributed by atoms with Gasteiger partial charge in [-0.1, -0.05) is 54.6 Å². The average Bonchev–Trinajstić information content (AvgIpc) is 3.17. The molecule has 1 N–H and O–H groups in total. The molecule has 0 radical (unpaired) electrons. The number of carbonyl (C=O) groups excluding carboxylic acids is 1. The molecule has 0 aliphatic carbocycles. The number of aromatic hydroxyl groups is 1. The van der Waals surface area contributed by atoms with Crippen LogP contribution in [0, 0.1) is 0 Å². The number of rotatable bonds is 7. The van der Waals surface area contributed by atoms with E-state index in [1.54, 1.807) is 24.3 Å². The van der Waals surface area contributed by atoms with E-state index < -0.39 is 0 Å². The van der Waals surface area contributed by atoms with E-state index in [4.69, 9.17) is 4.74 Å². The Hall–Kier alpha value is -3.57. The first kappa shape index (κ1) is 22.1. The zero-order valence-corrected chi connectivity index (χ0v) is 17.9. The summed E-state index contributed by atoms with van der Waals surface area (Å²) in [6, 6.07) is 21.1. The van der Waals surface area contributed by atoms with Crippen molar-refractivity contribution >= 4 is 35.2 Å². The van der Waals surface area contributed by atoms with Crippen LogP contribution in [0.25, 0.3) is 17.0 Å². The minimum absolute atomic E-state index is 0. The molecule has 31 heavy (non-hydrogen) atoms. The minimum atomic E-state index is -0.0198. The fourth-order valence-corrected chi connectivity index (χ4v) is 3.45. The zero-order chi connectivity index (χ0) is 20.9. The van der Waals surface area contributed by atoms with Crippen molar-refractivity contribution in [2.24, 2.45) is 0 Å². The molecule has 0 aliphatic rings. The maximum atomic E-state index is 12.5. The Morgan fingerprint density at radius 3 is 2.65 bits per heavy atom. The molecule has 158 valence electrons. The number of ketones is 1. The van der Waals surface area contributed by atoms with E-state index in [9.17, 15) is 9.90 Å². The molecule has 0 atom stereocenters. The summed E-state index contributed by atoms with van der Waals surface area (Å²) in [6.07, 6.45) is 5.34. The Kier molecular flexibility index (Phi) is 7.11. The molecule has 0 fully saturated rings. The Labute approximate surface area is 187 Å². The summed E-state index contributed by atoms with van der Waals surface area (Å²) < 4.78 is 6.99. The van der Waals surface area contributed by atoms with Crippen LogP contribution in [0.2, 0.25) is 0 Å². The van der Waals surface area contributed by atoms with E-state index >= 15 is 0 Å².